The van der Waals surface area contributed by atoms with Crippen molar-refractivity contribution in [3.63, 3.8) is 0 Å². The molecule has 0 spiro atoms. The average Bonchev–Trinajstić information content (AvgIpc) is 3.77. The maximum absolute atomic E-state index is 11.0. The van der Waals surface area contributed by atoms with E-state index in [9.17, 15) is 15.2 Å². The molecule has 0 aliphatic carbocycles. The fraction of sp³-hybridized carbons (Fsp3) is 0.304. The van der Waals surface area contributed by atoms with Crippen LogP contribution in [0.1, 0.15) is 71.0 Å². The largest absolute Gasteiger partial charge is 0.488 e. The summed E-state index contributed by atoms with van der Waals surface area (Å²) in [5.41, 5.74) is 9.56. The molecule has 0 fully saturated rings. The number of aliphatic carboxylic acids is 1. The van der Waals surface area contributed by atoms with Gasteiger partial charge in [0.05, 0.1) is 53.6 Å². The van der Waals surface area contributed by atoms with Gasteiger partial charge >= 0.3 is 5.97 Å². The Morgan fingerprint density at radius 1 is 0.898 bits per heavy atom. The predicted molar refractivity (Wildman–Crippen MR) is 225 cm³/mol. The standard InChI is InChI=1S/C46H45ClN6O6/c1-29-34(28-59-43-23-42(58-27-32-20-31(24-49)25-50-26-32)33(21-40(43)47)8-5-10-35(54)22-44(55)56)9-6-11-36(29)37-12-7-13-38(30(37)2)41-15-14-39(45-51-17-18-52-45)46(53-41)57-19-4-3-16-48/h6-7,9,11-15,20-21,23,25-26,35,54H,3-5,8,10,17-19,22,27-28H2,1-2H3,(H,51,52)(H,55,56)/t35-/m1/s1. The SMILES string of the molecule is Cc1c(COc2cc(OCc3cncc(C#N)c3)c(CCC[C@@H](O)CC(=O)O)cc2Cl)cccc1-c1cccc(-c2ccc(C3=NCCN3)c(OCCCC#N)n2)c1C. The van der Waals surface area contributed by atoms with Gasteiger partial charge in [-0.1, -0.05) is 48.0 Å². The zero-order chi connectivity index (χ0) is 41.7. The lowest BCUT2D eigenvalue weighted by molar-refractivity contribution is -0.139. The quantitative estimate of drug-likeness (QED) is 0.0682. The molecule has 0 saturated carbocycles. The third-order valence-electron chi connectivity index (χ3n) is 10.0. The van der Waals surface area contributed by atoms with Crippen LogP contribution >= 0.6 is 11.6 Å². The number of aliphatic hydroxyl groups is 1. The van der Waals surface area contributed by atoms with Crippen molar-refractivity contribution >= 4 is 23.4 Å². The van der Waals surface area contributed by atoms with Gasteiger partial charge in [0.25, 0.3) is 0 Å². The lowest BCUT2D eigenvalue weighted by atomic mass is 9.90. The minimum Gasteiger partial charge on any atom is -0.488 e. The molecule has 59 heavy (non-hydrogen) atoms. The minimum absolute atomic E-state index is 0.140. The molecule has 2 aromatic heterocycles. The van der Waals surface area contributed by atoms with Crippen LogP contribution in [0.4, 0.5) is 0 Å². The number of nitrogens with zero attached hydrogens (tertiary/aromatic N) is 5. The summed E-state index contributed by atoms with van der Waals surface area (Å²) in [6.07, 6.45) is 4.10. The number of carboxylic acids is 1. The van der Waals surface area contributed by atoms with E-state index in [4.69, 9.17) is 41.2 Å². The van der Waals surface area contributed by atoms with Crippen LogP contribution in [0, 0.1) is 36.5 Å². The van der Waals surface area contributed by atoms with Crippen molar-refractivity contribution in [2.45, 2.75) is 71.7 Å². The Morgan fingerprint density at radius 2 is 1.68 bits per heavy atom. The van der Waals surface area contributed by atoms with E-state index < -0.39 is 12.1 Å². The number of aliphatic hydroxyl groups excluding tert-OH is 1. The summed E-state index contributed by atoms with van der Waals surface area (Å²) in [5.74, 6) is 1.12. The van der Waals surface area contributed by atoms with Gasteiger partial charge in [-0.05, 0) is 97.2 Å². The van der Waals surface area contributed by atoms with Gasteiger partial charge in [0.2, 0.25) is 5.88 Å². The van der Waals surface area contributed by atoms with Gasteiger partial charge in [-0.25, -0.2) is 4.98 Å². The summed E-state index contributed by atoms with van der Waals surface area (Å²) in [5, 5.41) is 41.2. The number of hydrogen-bond acceptors (Lipinski definition) is 11. The molecule has 5 aromatic rings. The van der Waals surface area contributed by atoms with Crippen LogP contribution in [0.25, 0.3) is 22.4 Å². The van der Waals surface area contributed by atoms with Gasteiger partial charge in [0.15, 0.2) is 0 Å². The zero-order valence-electron chi connectivity index (χ0n) is 33.0. The first kappa shape index (κ1) is 42.1. The highest BCUT2D eigenvalue weighted by atomic mass is 35.5. The van der Waals surface area contributed by atoms with E-state index >= 15 is 0 Å². The first-order valence-electron chi connectivity index (χ1n) is 19.4. The molecular formula is C46H45ClN6O6. The summed E-state index contributed by atoms with van der Waals surface area (Å²) in [6, 6.07) is 25.7. The van der Waals surface area contributed by atoms with Crippen LogP contribution in [0.3, 0.4) is 0 Å². The van der Waals surface area contributed by atoms with Crippen LogP contribution in [-0.2, 0) is 24.4 Å². The summed E-state index contributed by atoms with van der Waals surface area (Å²) in [4.78, 5) is 24.7. The summed E-state index contributed by atoms with van der Waals surface area (Å²) >= 11 is 6.81. The Hall–Kier alpha value is -6.47. The van der Waals surface area contributed by atoms with Crippen molar-refractivity contribution in [3.8, 4) is 51.9 Å². The van der Waals surface area contributed by atoms with Crippen LogP contribution in [-0.4, -0.2) is 57.8 Å². The number of carboxylic acid groups (broad SMARTS) is 1. The van der Waals surface area contributed by atoms with Gasteiger partial charge in [0.1, 0.15) is 36.6 Å². The smallest absolute Gasteiger partial charge is 0.305 e. The van der Waals surface area contributed by atoms with Crippen molar-refractivity contribution in [1.82, 2.24) is 15.3 Å². The minimum atomic E-state index is -1.06. The molecule has 3 heterocycles. The molecule has 302 valence electrons. The van der Waals surface area contributed by atoms with Gasteiger partial charge in [-0.3, -0.25) is 14.8 Å². The molecule has 3 aromatic carbocycles. The van der Waals surface area contributed by atoms with Crippen LogP contribution in [0.5, 0.6) is 17.4 Å². The number of ether oxygens (including phenoxy) is 3. The summed E-state index contributed by atoms with van der Waals surface area (Å²) < 4.78 is 18.7. The maximum atomic E-state index is 11.0. The Bertz CT molecular complexity index is 2420. The number of amidine groups is 1. The van der Waals surface area contributed by atoms with Crippen LogP contribution in [0.15, 0.2) is 84.1 Å². The van der Waals surface area contributed by atoms with Gasteiger partial charge < -0.3 is 29.7 Å². The molecule has 1 aliphatic heterocycles. The van der Waals surface area contributed by atoms with Crippen LogP contribution in [0.2, 0.25) is 5.02 Å². The van der Waals surface area contributed by atoms with E-state index in [2.05, 4.69) is 53.4 Å². The fourth-order valence-electron chi connectivity index (χ4n) is 6.91. The molecule has 6 rings (SSSR count). The van der Waals surface area contributed by atoms with E-state index in [1.807, 2.05) is 36.4 Å². The number of nitrogens with one attached hydrogen (secondary N) is 1. The molecule has 12 nitrogen and oxygen atoms in total. The van der Waals surface area contributed by atoms with Gasteiger partial charge in [-0.15, -0.1) is 0 Å². The van der Waals surface area contributed by atoms with Crippen molar-refractivity contribution in [3.05, 3.63) is 123 Å². The third kappa shape index (κ3) is 10.9. The molecule has 3 N–H and O–H groups in total. The van der Waals surface area contributed by atoms with E-state index in [1.54, 1.807) is 24.4 Å². The molecule has 0 bridgehead atoms. The molecular weight excluding hydrogens is 768 g/mol. The number of aromatic nitrogens is 2. The van der Waals surface area contributed by atoms with E-state index in [0.717, 1.165) is 62.6 Å². The number of hydrogen-bond donors (Lipinski definition) is 3. The summed E-state index contributed by atoms with van der Waals surface area (Å²) in [7, 11) is 0. The molecule has 0 saturated heterocycles. The maximum Gasteiger partial charge on any atom is 0.305 e. The fourth-order valence-corrected chi connectivity index (χ4v) is 7.15. The second-order valence-electron chi connectivity index (χ2n) is 14.2. The van der Waals surface area contributed by atoms with Crippen LogP contribution < -0.4 is 19.5 Å². The predicted octanol–water partition coefficient (Wildman–Crippen LogP) is 8.30. The first-order valence-corrected chi connectivity index (χ1v) is 19.8. The highest BCUT2D eigenvalue weighted by Gasteiger charge is 2.20. The topological polar surface area (TPSA) is 183 Å². The van der Waals surface area contributed by atoms with E-state index in [0.29, 0.717) is 78.8 Å². The van der Waals surface area contributed by atoms with Gasteiger partial charge in [-0.2, -0.15) is 10.5 Å². The highest BCUT2D eigenvalue weighted by Crippen LogP contribution is 2.37. The normalized spacial score (nSPS) is 12.5. The zero-order valence-corrected chi connectivity index (χ0v) is 33.8. The lowest BCUT2D eigenvalue weighted by Gasteiger charge is -2.18. The summed E-state index contributed by atoms with van der Waals surface area (Å²) in [6.45, 7) is 6.33. The molecule has 1 aliphatic rings. The Balaban J connectivity index is 1.23. The Kier molecular flexibility index (Phi) is 14.5. The molecule has 13 heteroatoms. The number of nitriles is 2. The molecule has 0 unspecified atom stereocenters. The monoisotopic (exact) mass is 812 g/mol. The number of unbranched alkanes of at least 4 members (excludes halogenated alkanes) is 1. The number of carbonyl (C=O) groups is 1. The highest BCUT2D eigenvalue weighted by molar-refractivity contribution is 6.32. The average molecular weight is 813 g/mol. The third-order valence-corrected chi connectivity index (χ3v) is 10.3. The molecule has 0 amide bonds. The number of aliphatic imine (C=N–C) groups is 1. The second-order valence-corrected chi connectivity index (χ2v) is 14.6. The molecule has 0 radical (unpaired) electrons. The number of pyridine rings is 2. The lowest BCUT2D eigenvalue weighted by Crippen LogP contribution is -2.21. The van der Waals surface area contributed by atoms with Crippen molar-refractivity contribution < 1.29 is 29.2 Å². The second kappa shape index (κ2) is 20.3. The van der Waals surface area contributed by atoms with E-state index in [-0.39, 0.29) is 19.6 Å². The number of benzene rings is 3. The van der Waals surface area contributed by atoms with Crippen molar-refractivity contribution in [2.75, 3.05) is 19.7 Å². The molecule has 1 atom stereocenters. The van der Waals surface area contributed by atoms with E-state index in [1.165, 1.54) is 6.20 Å². The number of aryl methyl sites for hydroxylation is 1. The number of halogens is 1. The Labute approximate surface area is 348 Å². The van der Waals surface area contributed by atoms with Crippen molar-refractivity contribution in [1.29, 1.82) is 10.5 Å². The Morgan fingerprint density at radius 3 is 2.44 bits per heavy atom. The number of rotatable bonds is 19. The van der Waals surface area contributed by atoms with Gasteiger partial charge in [0, 0.05) is 42.6 Å². The van der Waals surface area contributed by atoms with Crippen molar-refractivity contribution in [2.24, 2.45) is 4.99 Å². The first-order chi connectivity index (χ1) is 28.6.